The number of ether oxygens (including phenoxy) is 4. The molecule has 0 spiro atoms. The molecule has 0 amide bonds. The molecule has 0 N–H and O–H groups in total. The van der Waals surface area contributed by atoms with Crippen molar-refractivity contribution in [2.75, 3.05) is 20.3 Å². The molecule has 0 aliphatic carbocycles. The summed E-state index contributed by atoms with van der Waals surface area (Å²) in [6.45, 7) is 4.94. The van der Waals surface area contributed by atoms with E-state index in [9.17, 15) is 9.59 Å². The van der Waals surface area contributed by atoms with Crippen LogP contribution in [0.4, 0.5) is 0 Å². The lowest BCUT2D eigenvalue weighted by atomic mass is 9.97. The molecule has 44 heavy (non-hydrogen) atoms. The van der Waals surface area contributed by atoms with Crippen LogP contribution < -0.4 is 29.1 Å². The number of halogens is 3. The van der Waals surface area contributed by atoms with Crippen molar-refractivity contribution in [1.29, 1.82) is 0 Å². The molecule has 0 saturated heterocycles. The maximum atomic E-state index is 13.9. The third kappa shape index (κ3) is 6.73. The smallest absolute Gasteiger partial charge is 0.337 e. The Balaban J connectivity index is 1.50. The summed E-state index contributed by atoms with van der Waals surface area (Å²) in [5, 5.41) is 0.940. The van der Waals surface area contributed by atoms with E-state index < -0.39 is 12.0 Å². The zero-order chi connectivity index (χ0) is 31.4. The van der Waals surface area contributed by atoms with E-state index in [4.69, 9.17) is 42.1 Å². The van der Waals surface area contributed by atoms with E-state index in [-0.39, 0.29) is 11.1 Å². The van der Waals surface area contributed by atoms with E-state index in [1.54, 1.807) is 30.3 Å². The standard InChI is InChI=1S/C32H27BrCl2N2O6S/c1-4-41-26-11-8-20(15-27(26)42-5-2)29-21(31(39)40-3)16-36-32-37(29)30(38)28(44-32)14-18-7-10-25(22(33)12-18)43-17-19-6-9-23(34)24(35)13-19/h6-16,29H,4-5,17H2,1-3H3/b28-14-/t29-/m1/s1. The second-order valence-electron chi connectivity index (χ2n) is 9.48. The van der Waals surface area contributed by atoms with Crippen LogP contribution in [0.25, 0.3) is 6.08 Å². The van der Waals surface area contributed by atoms with Crippen molar-refractivity contribution in [3.8, 4) is 17.2 Å². The molecule has 4 aromatic rings. The van der Waals surface area contributed by atoms with E-state index in [1.165, 1.54) is 29.2 Å². The summed E-state index contributed by atoms with van der Waals surface area (Å²) in [6, 6.07) is 15.5. The minimum atomic E-state index is -0.778. The van der Waals surface area contributed by atoms with E-state index >= 15 is 0 Å². The Bertz CT molecular complexity index is 1940. The molecule has 12 heteroatoms. The molecule has 0 unspecified atom stereocenters. The molecule has 1 aliphatic heterocycles. The minimum absolute atomic E-state index is 0.226. The first-order valence-electron chi connectivity index (χ1n) is 13.6. The lowest BCUT2D eigenvalue weighted by Gasteiger charge is -2.23. The summed E-state index contributed by atoms with van der Waals surface area (Å²) in [5.41, 5.74) is 2.23. The van der Waals surface area contributed by atoms with Gasteiger partial charge in [0, 0.05) is 6.20 Å². The molecule has 228 valence electrons. The van der Waals surface area contributed by atoms with Crippen LogP contribution in [0.15, 0.2) is 80.6 Å². The van der Waals surface area contributed by atoms with Gasteiger partial charge in [-0.15, -0.1) is 0 Å². The number of carbonyl (C=O) groups excluding carboxylic acids is 1. The molecule has 1 atom stereocenters. The van der Waals surface area contributed by atoms with E-state index in [1.807, 2.05) is 44.2 Å². The highest BCUT2D eigenvalue weighted by Crippen LogP contribution is 2.35. The average molecular weight is 718 g/mol. The lowest BCUT2D eigenvalue weighted by molar-refractivity contribution is -0.136. The molecule has 5 rings (SSSR count). The van der Waals surface area contributed by atoms with Gasteiger partial charge in [-0.2, -0.15) is 0 Å². The predicted octanol–water partition coefficient (Wildman–Crippen LogP) is 6.46. The fraction of sp³-hybridized carbons (Fsp3) is 0.219. The largest absolute Gasteiger partial charge is 0.490 e. The first-order chi connectivity index (χ1) is 21.2. The maximum absolute atomic E-state index is 13.9. The van der Waals surface area contributed by atoms with Gasteiger partial charge in [-0.1, -0.05) is 52.7 Å². The van der Waals surface area contributed by atoms with E-state index in [2.05, 4.69) is 20.9 Å². The SMILES string of the molecule is CCOc1ccc([C@@H]2C(C(=O)OC)=CN=c3s/c(=C\c4ccc(OCc5ccc(Cl)c(Cl)c5)c(Br)c4)c(=O)n32)cc1OCC. The highest BCUT2D eigenvalue weighted by molar-refractivity contribution is 9.10. The first-order valence-corrected chi connectivity index (χ1v) is 16.0. The highest BCUT2D eigenvalue weighted by atomic mass is 79.9. The highest BCUT2D eigenvalue weighted by Gasteiger charge is 2.31. The van der Waals surface area contributed by atoms with Gasteiger partial charge in [0.25, 0.3) is 5.56 Å². The molecule has 1 aliphatic rings. The first kappa shape index (κ1) is 31.8. The number of hydrogen-bond acceptors (Lipinski definition) is 8. The van der Waals surface area contributed by atoms with Crippen molar-refractivity contribution in [2.45, 2.75) is 26.5 Å². The van der Waals surface area contributed by atoms with Crippen molar-refractivity contribution in [1.82, 2.24) is 4.57 Å². The Labute approximate surface area is 275 Å². The number of rotatable bonds is 10. The summed E-state index contributed by atoms with van der Waals surface area (Å²) in [7, 11) is 1.30. The Morgan fingerprint density at radius 3 is 2.43 bits per heavy atom. The van der Waals surface area contributed by atoms with Gasteiger partial charge in [0.1, 0.15) is 12.4 Å². The monoisotopic (exact) mass is 716 g/mol. The molecule has 2 heterocycles. The van der Waals surface area contributed by atoms with E-state index in [0.717, 1.165) is 11.1 Å². The lowest BCUT2D eigenvalue weighted by Crippen LogP contribution is -2.39. The Kier molecular flexibility index (Phi) is 10.2. The van der Waals surface area contributed by atoms with Gasteiger partial charge in [-0.05, 0) is 88.9 Å². The van der Waals surface area contributed by atoms with Gasteiger partial charge in [-0.3, -0.25) is 9.36 Å². The van der Waals surface area contributed by atoms with Gasteiger partial charge in [0.2, 0.25) is 0 Å². The van der Waals surface area contributed by atoms with Crippen LogP contribution in [-0.2, 0) is 16.1 Å². The summed E-state index contributed by atoms with van der Waals surface area (Å²) < 4.78 is 25.2. The van der Waals surface area contributed by atoms with Crippen molar-refractivity contribution in [3.63, 3.8) is 0 Å². The summed E-state index contributed by atoms with van der Waals surface area (Å²) in [5.74, 6) is 1.13. The number of esters is 1. The fourth-order valence-electron chi connectivity index (χ4n) is 4.65. The average Bonchev–Trinajstić information content (AvgIpc) is 3.33. The normalized spacial score (nSPS) is 14.4. The Morgan fingerprint density at radius 2 is 1.73 bits per heavy atom. The third-order valence-electron chi connectivity index (χ3n) is 6.64. The minimum Gasteiger partial charge on any atom is -0.490 e. The van der Waals surface area contributed by atoms with E-state index in [0.29, 0.717) is 66.5 Å². The van der Waals surface area contributed by atoms with Gasteiger partial charge < -0.3 is 18.9 Å². The Morgan fingerprint density at radius 1 is 0.977 bits per heavy atom. The number of fused-ring (bicyclic) bond motifs is 1. The topological polar surface area (TPSA) is 88.4 Å². The number of benzene rings is 3. The van der Waals surface area contributed by atoms with Crippen molar-refractivity contribution in [3.05, 3.63) is 117 Å². The van der Waals surface area contributed by atoms with Crippen molar-refractivity contribution < 1.29 is 23.7 Å². The molecule has 0 radical (unpaired) electrons. The molecule has 0 bridgehead atoms. The van der Waals surface area contributed by atoms with Crippen molar-refractivity contribution >= 4 is 62.5 Å². The van der Waals surface area contributed by atoms with Crippen LogP contribution in [0, 0.1) is 0 Å². The molecule has 3 aromatic carbocycles. The second kappa shape index (κ2) is 14.0. The number of carbonyl (C=O) groups is 1. The number of hydrogen-bond donors (Lipinski definition) is 0. The molecule has 8 nitrogen and oxygen atoms in total. The van der Waals surface area contributed by atoms with Crippen LogP contribution in [0.2, 0.25) is 10.0 Å². The summed E-state index contributed by atoms with van der Waals surface area (Å²) in [4.78, 5) is 31.6. The zero-order valence-electron chi connectivity index (χ0n) is 23.9. The van der Waals surface area contributed by atoms with Crippen LogP contribution >= 0.6 is 50.5 Å². The van der Waals surface area contributed by atoms with Gasteiger partial charge in [0.15, 0.2) is 16.3 Å². The molecule has 1 aromatic heterocycles. The molecular formula is C32H27BrCl2N2O6S. The molecular weight excluding hydrogens is 691 g/mol. The quantitative estimate of drug-likeness (QED) is 0.175. The maximum Gasteiger partial charge on any atom is 0.337 e. The number of methoxy groups -OCH3 is 1. The van der Waals surface area contributed by atoms with Crippen LogP contribution in [0.5, 0.6) is 17.2 Å². The van der Waals surface area contributed by atoms with Crippen LogP contribution in [-0.4, -0.2) is 30.9 Å². The summed E-state index contributed by atoms with van der Waals surface area (Å²) >= 11 is 16.9. The Hall–Kier alpha value is -3.57. The number of aromatic nitrogens is 1. The van der Waals surface area contributed by atoms with Crippen LogP contribution in [0.3, 0.4) is 0 Å². The van der Waals surface area contributed by atoms with Crippen LogP contribution in [0.1, 0.15) is 36.6 Å². The fourth-order valence-corrected chi connectivity index (χ4v) is 6.45. The van der Waals surface area contributed by atoms with Crippen molar-refractivity contribution in [2.24, 2.45) is 4.99 Å². The molecule has 0 saturated carbocycles. The number of nitrogens with zero attached hydrogens (tertiary/aromatic N) is 2. The molecule has 0 fully saturated rings. The van der Waals surface area contributed by atoms with Gasteiger partial charge >= 0.3 is 5.97 Å². The van der Waals surface area contributed by atoms with Gasteiger partial charge in [0.05, 0.1) is 51.0 Å². The second-order valence-corrected chi connectivity index (χ2v) is 12.2. The number of thiazole rings is 1. The zero-order valence-corrected chi connectivity index (χ0v) is 27.8. The third-order valence-corrected chi connectivity index (χ3v) is 9.00. The van der Waals surface area contributed by atoms with Gasteiger partial charge in [-0.25, -0.2) is 9.79 Å². The summed E-state index contributed by atoms with van der Waals surface area (Å²) in [6.07, 6.45) is 3.24. The predicted molar refractivity (Wildman–Crippen MR) is 175 cm³/mol.